The van der Waals surface area contributed by atoms with Gasteiger partial charge in [0.25, 0.3) is 0 Å². The highest BCUT2D eigenvalue weighted by molar-refractivity contribution is 5.81. The average Bonchev–Trinajstić information content (AvgIpc) is 2.29. The van der Waals surface area contributed by atoms with Crippen LogP contribution in [-0.4, -0.2) is 42.5 Å². The molecule has 0 saturated carbocycles. The van der Waals surface area contributed by atoms with E-state index in [0.29, 0.717) is 18.4 Å². The lowest BCUT2D eigenvalue weighted by Crippen LogP contribution is -2.59. The molecule has 3 aliphatic rings. The number of rotatable bonds is 3. The molecule has 86 valence electrons. The molecule has 4 nitrogen and oxygen atoms in total. The summed E-state index contributed by atoms with van der Waals surface area (Å²) in [6, 6.07) is 0.0121. The summed E-state index contributed by atoms with van der Waals surface area (Å²) in [7, 11) is 0. The third-order valence-corrected chi connectivity index (χ3v) is 3.76. The third-order valence-electron chi connectivity index (χ3n) is 3.76. The Morgan fingerprint density at radius 1 is 1.53 bits per heavy atom. The van der Waals surface area contributed by atoms with Gasteiger partial charge in [-0.1, -0.05) is 6.92 Å². The van der Waals surface area contributed by atoms with Gasteiger partial charge in [-0.15, -0.1) is 0 Å². The van der Waals surface area contributed by atoms with Crippen molar-refractivity contribution in [1.82, 2.24) is 10.2 Å². The molecule has 3 heterocycles. The fraction of sp³-hybridized carbons (Fsp3) is 0.909. The van der Waals surface area contributed by atoms with Crippen molar-refractivity contribution in [2.45, 2.75) is 38.3 Å². The maximum atomic E-state index is 11.7. The lowest BCUT2D eigenvalue weighted by molar-refractivity contribution is -0.124. The maximum Gasteiger partial charge on any atom is 0.237 e. The van der Waals surface area contributed by atoms with Crippen LogP contribution < -0.4 is 11.1 Å². The van der Waals surface area contributed by atoms with Crippen LogP contribution in [0.2, 0.25) is 0 Å². The van der Waals surface area contributed by atoms with Crippen molar-refractivity contribution in [3.05, 3.63) is 0 Å². The van der Waals surface area contributed by atoms with Crippen molar-refractivity contribution in [2.24, 2.45) is 11.7 Å². The predicted molar refractivity (Wildman–Crippen MR) is 59.4 cm³/mol. The Hall–Kier alpha value is -0.610. The zero-order chi connectivity index (χ0) is 10.8. The third kappa shape index (κ3) is 2.32. The summed E-state index contributed by atoms with van der Waals surface area (Å²) in [6.07, 6.45) is 3.17. The molecular formula is C11H21N3O. The van der Waals surface area contributed by atoms with Crippen molar-refractivity contribution >= 4 is 5.91 Å². The van der Waals surface area contributed by atoms with Crippen LogP contribution in [0.25, 0.3) is 0 Å². The Balaban J connectivity index is 1.87. The first kappa shape index (κ1) is 10.9. The average molecular weight is 211 g/mol. The molecule has 3 rings (SSSR count). The standard InChI is InChI=1S/C11H21N3O/c1-2-9(12)11(15)13-10-7-14-5-3-8(10)4-6-14/h8-10H,2-7,12H2,1H3,(H,13,15). The second-order valence-corrected chi connectivity index (χ2v) is 4.77. The lowest BCUT2D eigenvalue weighted by Gasteiger charge is -2.45. The molecule has 2 atom stereocenters. The zero-order valence-corrected chi connectivity index (χ0v) is 9.41. The second kappa shape index (κ2) is 4.49. The molecular weight excluding hydrogens is 190 g/mol. The van der Waals surface area contributed by atoms with Crippen LogP contribution in [0.4, 0.5) is 0 Å². The van der Waals surface area contributed by atoms with Gasteiger partial charge < -0.3 is 16.0 Å². The molecule has 0 radical (unpaired) electrons. The van der Waals surface area contributed by atoms with Gasteiger partial charge in [0.05, 0.1) is 6.04 Å². The normalized spacial score (nSPS) is 36.3. The van der Waals surface area contributed by atoms with E-state index in [1.165, 1.54) is 25.9 Å². The number of fused-ring (bicyclic) bond motifs is 3. The fourth-order valence-corrected chi connectivity index (χ4v) is 2.60. The molecule has 0 aromatic carbocycles. The van der Waals surface area contributed by atoms with Gasteiger partial charge in [-0.05, 0) is 38.3 Å². The van der Waals surface area contributed by atoms with Crippen LogP contribution >= 0.6 is 0 Å². The highest BCUT2D eigenvalue weighted by atomic mass is 16.2. The topological polar surface area (TPSA) is 58.4 Å². The molecule has 3 aliphatic heterocycles. The SMILES string of the molecule is CCC(N)C(=O)NC1CN2CCC1CC2. The van der Waals surface area contributed by atoms with Gasteiger partial charge in [0, 0.05) is 12.6 Å². The van der Waals surface area contributed by atoms with Crippen LogP contribution in [0.5, 0.6) is 0 Å². The van der Waals surface area contributed by atoms with Crippen molar-refractivity contribution in [2.75, 3.05) is 19.6 Å². The lowest BCUT2D eigenvalue weighted by atomic mass is 9.84. The summed E-state index contributed by atoms with van der Waals surface area (Å²) >= 11 is 0. The molecule has 1 amide bonds. The summed E-state index contributed by atoms with van der Waals surface area (Å²) in [5.74, 6) is 0.708. The van der Waals surface area contributed by atoms with E-state index in [4.69, 9.17) is 5.73 Å². The predicted octanol–water partition coefficient (Wildman–Crippen LogP) is -0.0659. The van der Waals surface area contributed by atoms with E-state index in [1.54, 1.807) is 0 Å². The number of nitrogens with zero attached hydrogens (tertiary/aromatic N) is 1. The van der Waals surface area contributed by atoms with Crippen molar-refractivity contribution in [3.63, 3.8) is 0 Å². The molecule has 0 spiro atoms. The summed E-state index contributed by atoms with van der Waals surface area (Å²) < 4.78 is 0. The van der Waals surface area contributed by atoms with Crippen LogP contribution in [0.15, 0.2) is 0 Å². The molecule has 0 aromatic rings. The monoisotopic (exact) mass is 211 g/mol. The molecule has 4 heteroatoms. The Morgan fingerprint density at radius 2 is 2.20 bits per heavy atom. The first-order valence-electron chi connectivity index (χ1n) is 5.99. The van der Waals surface area contributed by atoms with E-state index < -0.39 is 0 Å². The highest BCUT2D eigenvalue weighted by Gasteiger charge is 2.35. The summed E-state index contributed by atoms with van der Waals surface area (Å²) in [6.45, 7) is 5.38. The highest BCUT2D eigenvalue weighted by Crippen LogP contribution is 2.27. The number of nitrogens with two attached hydrogens (primary N) is 1. The largest absolute Gasteiger partial charge is 0.350 e. The number of amides is 1. The summed E-state index contributed by atoms with van der Waals surface area (Å²) in [5, 5.41) is 3.10. The van der Waals surface area contributed by atoms with Crippen molar-refractivity contribution in [1.29, 1.82) is 0 Å². The Morgan fingerprint density at radius 3 is 2.67 bits per heavy atom. The van der Waals surface area contributed by atoms with E-state index in [-0.39, 0.29) is 11.9 Å². The van der Waals surface area contributed by atoms with Gasteiger partial charge in [-0.3, -0.25) is 4.79 Å². The minimum Gasteiger partial charge on any atom is -0.350 e. The summed E-state index contributed by atoms with van der Waals surface area (Å²) in [5.41, 5.74) is 5.71. The molecule has 0 aliphatic carbocycles. The first-order chi connectivity index (χ1) is 7.20. The number of carbonyl (C=O) groups excluding carboxylic acids is 1. The van der Waals surface area contributed by atoms with E-state index in [9.17, 15) is 4.79 Å². The van der Waals surface area contributed by atoms with Crippen LogP contribution in [0.3, 0.4) is 0 Å². The van der Waals surface area contributed by atoms with E-state index in [2.05, 4.69) is 10.2 Å². The van der Waals surface area contributed by atoms with Gasteiger partial charge in [0.15, 0.2) is 0 Å². The second-order valence-electron chi connectivity index (χ2n) is 4.77. The Labute approximate surface area is 91.2 Å². The molecule has 3 saturated heterocycles. The van der Waals surface area contributed by atoms with Crippen molar-refractivity contribution in [3.8, 4) is 0 Å². The quantitative estimate of drug-likeness (QED) is 0.687. The minimum absolute atomic E-state index is 0.0243. The first-order valence-corrected chi connectivity index (χ1v) is 5.99. The molecule has 2 bridgehead atoms. The number of piperidine rings is 3. The van der Waals surface area contributed by atoms with E-state index >= 15 is 0 Å². The van der Waals surface area contributed by atoms with Gasteiger partial charge in [-0.25, -0.2) is 0 Å². The van der Waals surface area contributed by atoms with Crippen LogP contribution in [0, 0.1) is 5.92 Å². The maximum absolute atomic E-state index is 11.7. The minimum atomic E-state index is -0.333. The number of hydrogen-bond donors (Lipinski definition) is 2. The number of carbonyl (C=O) groups is 1. The van der Waals surface area contributed by atoms with Crippen molar-refractivity contribution < 1.29 is 4.79 Å². The van der Waals surface area contributed by atoms with Gasteiger partial charge in [0.1, 0.15) is 0 Å². The fourth-order valence-electron chi connectivity index (χ4n) is 2.60. The van der Waals surface area contributed by atoms with Gasteiger partial charge in [-0.2, -0.15) is 0 Å². The van der Waals surface area contributed by atoms with Gasteiger partial charge >= 0.3 is 0 Å². The molecule has 15 heavy (non-hydrogen) atoms. The molecule has 0 aromatic heterocycles. The van der Waals surface area contributed by atoms with Crippen LogP contribution in [-0.2, 0) is 4.79 Å². The zero-order valence-electron chi connectivity index (χ0n) is 9.41. The Bertz CT molecular complexity index is 236. The summed E-state index contributed by atoms with van der Waals surface area (Å²) in [4.78, 5) is 14.1. The molecule has 2 unspecified atom stereocenters. The van der Waals surface area contributed by atoms with E-state index in [0.717, 1.165) is 6.54 Å². The smallest absolute Gasteiger partial charge is 0.237 e. The number of nitrogens with one attached hydrogen (secondary N) is 1. The Kier molecular flexibility index (Phi) is 3.26. The number of hydrogen-bond acceptors (Lipinski definition) is 3. The molecule has 3 fully saturated rings. The molecule has 3 N–H and O–H groups in total. The van der Waals surface area contributed by atoms with Crippen LogP contribution in [0.1, 0.15) is 26.2 Å². The van der Waals surface area contributed by atoms with E-state index in [1.807, 2.05) is 6.92 Å². The van der Waals surface area contributed by atoms with Gasteiger partial charge in [0.2, 0.25) is 5.91 Å².